The van der Waals surface area contributed by atoms with Gasteiger partial charge in [-0.2, -0.15) is 0 Å². The number of quaternary nitrogens is 1. The number of azide groups is 2. The average molecular weight is 226 g/mol. The van der Waals surface area contributed by atoms with Crippen molar-refractivity contribution in [2.24, 2.45) is 10.2 Å². The van der Waals surface area contributed by atoms with Crippen LogP contribution in [-0.4, -0.2) is 44.1 Å². The first-order chi connectivity index (χ1) is 7.83. The van der Waals surface area contributed by atoms with Gasteiger partial charge in [0, 0.05) is 22.7 Å². The standard InChI is InChI=1S/C8H16N7O/c9-13-11-7-15(3-1-2-4-15)5-6-16-8-12-14-10/h1-8H2/q+1. The molecule has 88 valence electrons. The number of ether oxygens (including phenoxy) is 1. The molecule has 1 saturated heterocycles. The molecule has 1 rings (SSSR count). The van der Waals surface area contributed by atoms with Crippen molar-refractivity contribution in [3.05, 3.63) is 20.9 Å². The highest BCUT2D eigenvalue weighted by molar-refractivity contribution is 4.55. The maximum Gasteiger partial charge on any atom is 0.159 e. The lowest BCUT2D eigenvalue weighted by molar-refractivity contribution is -0.916. The SMILES string of the molecule is [N-]=[N+]=NCOCC[N+]1(CN=[N+]=[N-])CCCC1. The molecule has 0 N–H and O–H groups in total. The Kier molecular flexibility index (Phi) is 5.45. The highest BCUT2D eigenvalue weighted by atomic mass is 16.5. The van der Waals surface area contributed by atoms with Crippen LogP contribution in [0.4, 0.5) is 0 Å². The molecule has 0 saturated carbocycles. The van der Waals surface area contributed by atoms with E-state index in [4.69, 9.17) is 15.8 Å². The molecule has 0 radical (unpaired) electrons. The van der Waals surface area contributed by atoms with Crippen LogP contribution in [0.3, 0.4) is 0 Å². The van der Waals surface area contributed by atoms with Crippen molar-refractivity contribution in [1.82, 2.24) is 0 Å². The van der Waals surface area contributed by atoms with E-state index < -0.39 is 0 Å². The molecule has 0 atom stereocenters. The van der Waals surface area contributed by atoms with Crippen molar-refractivity contribution in [2.75, 3.05) is 39.6 Å². The minimum atomic E-state index is 0.0675. The second-order valence-electron chi connectivity index (χ2n) is 3.86. The van der Waals surface area contributed by atoms with Gasteiger partial charge in [0.1, 0.15) is 13.3 Å². The molecule has 0 aromatic rings. The van der Waals surface area contributed by atoms with Crippen LogP contribution in [0.5, 0.6) is 0 Å². The topological polar surface area (TPSA) is 107 Å². The van der Waals surface area contributed by atoms with Gasteiger partial charge in [0.05, 0.1) is 19.7 Å². The maximum absolute atomic E-state index is 8.34. The summed E-state index contributed by atoms with van der Waals surface area (Å²) < 4.78 is 5.96. The third kappa shape index (κ3) is 3.96. The number of nitrogens with zero attached hydrogens (tertiary/aromatic N) is 7. The van der Waals surface area contributed by atoms with E-state index in [1.54, 1.807) is 0 Å². The normalized spacial score (nSPS) is 17.5. The Balaban J connectivity index is 2.33. The van der Waals surface area contributed by atoms with Crippen LogP contribution >= 0.6 is 0 Å². The zero-order chi connectivity index (χ0) is 11.7. The fourth-order valence-electron chi connectivity index (χ4n) is 1.99. The Bertz CT molecular complexity index is 300. The molecule has 0 spiro atoms. The maximum atomic E-state index is 8.34. The van der Waals surface area contributed by atoms with Crippen molar-refractivity contribution < 1.29 is 9.22 Å². The third-order valence-electron chi connectivity index (χ3n) is 2.86. The Hall–Kier alpha value is -1.46. The highest BCUT2D eigenvalue weighted by Crippen LogP contribution is 2.19. The van der Waals surface area contributed by atoms with Gasteiger partial charge in [0.15, 0.2) is 6.67 Å². The van der Waals surface area contributed by atoms with E-state index in [2.05, 4.69) is 20.1 Å². The van der Waals surface area contributed by atoms with Crippen molar-refractivity contribution in [1.29, 1.82) is 0 Å². The summed E-state index contributed by atoms with van der Waals surface area (Å²) in [4.78, 5) is 5.40. The van der Waals surface area contributed by atoms with E-state index in [-0.39, 0.29) is 6.73 Å². The number of hydrogen-bond acceptors (Lipinski definition) is 3. The molecule has 8 heteroatoms. The van der Waals surface area contributed by atoms with Crippen molar-refractivity contribution in [3.63, 3.8) is 0 Å². The van der Waals surface area contributed by atoms with Crippen LogP contribution in [0.15, 0.2) is 10.2 Å². The van der Waals surface area contributed by atoms with Crippen LogP contribution in [0, 0.1) is 0 Å². The Labute approximate surface area is 93.6 Å². The second-order valence-corrected chi connectivity index (χ2v) is 3.86. The van der Waals surface area contributed by atoms with Gasteiger partial charge in [0.2, 0.25) is 0 Å². The summed E-state index contributed by atoms with van der Waals surface area (Å²) in [5.74, 6) is 0. The summed E-state index contributed by atoms with van der Waals surface area (Å²) in [6, 6.07) is 0. The second kappa shape index (κ2) is 6.92. The van der Waals surface area contributed by atoms with Crippen molar-refractivity contribution in [2.45, 2.75) is 12.8 Å². The van der Waals surface area contributed by atoms with E-state index in [0.29, 0.717) is 13.3 Å². The molecule has 0 aliphatic carbocycles. The predicted molar refractivity (Wildman–Crippen MR) is 58.1 cm³/mol. The minimum absolute atomic E-state index is 0.0675. The van der Waals surface area contributed by atoms with Gasteiger partial charge < -0.3 is 9.22 Å². The van der Waals surface area contributed by atoms with E-state index in [1.165, 1.54) is 0 Å². The molecule has 0 unspecified atom stereocenters. The van der Waals surface area contributed by atoms with Gasteiger partial charge in [-0.1, -0.05) is 5.11 Å². The molecule has 8 nitrogen and oxygen atoms in total. The summed E-state index contributed by atoms with van der Waals surface area (Å²) in [7, 11) is 0. The summed E-state index contributed by atoms with van der Waals surface area (Å²) in [5, 5.41) is 6.95. The van der Waals surface area contributed by atoms with Gasteiger partial charge >= 0.3 is 0 Å². The zero-order valence-electron chi connectivity index (χ0n) is 9.20. The monoisotopic (exact) mass is 226 g/mol. The van der Waals surface area contributed by atoms with Crippen LogP contribution in [-0.2, 0) is 4.74 Å². The molecule has 0 aromatic heterocycles. The third-order valence-corrected chi connectivity index (χ3v) is 2.86. The van der Waals surface area contributed by atoms with Crippen LogP contribution in [0.1, 0.15) is 12.8 Å². The lowest BCUT2D eigenvalue weighted by Crippen LogP contribution is -2.47. The van der Waals surface area contributed by atoms with Gasteiger partial charge in [0.25, 0.3) is 0 Å². The summed E-state index contributed by atoms with van der Waals surface area (Å²) >= 11 is 0. The first-order valence-electron chi connectivity index (χ1n) is 5.27. The van der Waals surface area contributed by atoms with E-state index in [1.807, 2.05) is 0 Å². The summed E-state index contributed by atoms with van der Waals surface area (Å²) in [6.45, 7) is 3.95. The first-order valence-corrected chi connectivity index (χ1v) is 5.27. The molecule has 1 aliphatic heterocycles. The molecule has 0 bridgehead atoms. The molecule has 1 aliphatic rings. The Morgan fingerprint density at radius 3 is 2.44 bits per heavy atom. The summed E-state index contributed by atoms with van der Waals surface area (Å²) in [5.41, 5.74) is 16.4. The fourth-order valence-corrected chi connectivity index (χ4v) is 1.99. The fraction of sp³-hybridized carbons (Fsp3) is 1.00. The molecule has 16 heavy (non-hydrogen) atoms. The molecular formula is C8H16N7O+. The number of rotatable bonds is 7. The Morgan fingerprint density at radius 2 is 1.81 bits per heavy atom. The van der Waals surface area contributed by atoms with Crippen molar-refractivity contribution in [3.8, 4) is 0 Å². The van der Waals surface area contributed by atoms with Gasteiger partial charge in [-0.25, -0.2) is 0 Å². The lowest BCUT2D eigenvalue weighted by atomic mass is 10.4. The van der Waals surface area contributed by atoms with Crippen LogP contribution in [0.25, 0.3) is 20.9 Å². The molecule has 0 aromatic carbocycles. The summed E-state index contributed by atoms with van der Waals surface area (Å²) in [6.07, 6.45) is 2.33. The average Bonchev–Trinajstić information content (AvgIpc) is 2.76. The molecule has 1 heterocycles. The van der Waals surface area contributed by atoms with Crippen LogP contribution < -0.4 is 0 Å². The van der Waals surface area contributed by atoms with E-state index in [0.717, 1.165) is 37.0 Å². The largest absolute Gasteiger partial charge is 0.370 e. The quantitative estimate of drug-likeness (QED) is 0.214. The lowest BCUT2D eigenvalue weighted by Gasteiger charge is -2.32. The minimum Gasteiger partial charge on any atom is -0.370 e. The van der Waals surface area contributed by atoms with Crippen LogP contribution in [0.2, 0.25) is 0 Å². The molecular weight excluding hydrogens is 210 g/mol. The van der Waals surface area contributed by atoms with E-state index >= 15 is 0 Å². The molecule has 0 amide bonds. The number of likely N-dealkylation sites (tertiary alicyclic amines) is 1. The van der Waals surface area contributed by atoms with Crippen molar-refractivity contribution >= 4 is 0 Å². The van der Waals surface area contributed by atoms with E-state index in [9.17, 15) is 0 Å². The molecule has 1 fully saturated rings. The van der Waals surface area contributed by atoms with Gasteiger partial charge in [-0.05, 0) is 16.2 Å². The Morgan fingerprint density at radius 1 is 1.12 bits per heavy atom. The van der Waals surface area contributed by atoms with Gasteiger partial charge in [-0.15, -0.1) is 0 Å². The smallest absolute Gasteiger partial charge is 0.159 e. The number of hydrogen-bond donors (Lipinski definition) is 0. The predicted octanol–water partition coefficient (Wildman–Crippen LogP) is 2.15. The highest BCUT2D eigenvalue weighted by Gasteiger charge is 2.30. The first kappa shape index (κ1) is 12.6. The van der Waals surface area contributed by atoms with Gasteiger partial charge in [-0.3, -0.25) is 0 Å². The zero-order valence-corrected chi connectivity index (χ0v) is 9.20.